The maximum Gasteiger partial charge on any atom is 0.326 e. The molecule has 0 saturated carbocycles. The van der Waals surface area contributed by atoms with E-state index in [-0.39, 0.29) is 5.91 Å². The Kier molecular flexibility index (Phi) is 15.8. The Morgan fingerprint density at radius 2 is 1.85 bits per heavy atom. The zero-order valence-corrected chi connectivity index (χ0v) is 20.7. The summed E-state index contributed by atoms with van der Waals surface area (Å²) in [6.07, 6.45) is 12.3. The number of carboxylic acid groups (broad SMARTS) is 1. The summed E-state index contributed by atoms with van der Waals surface area (Å²) in [5.74, 6) is -0.271. The molecule has 186 valence electrons. The summed E-state index contributed by atoms with van der Waals surface area (Å²) in [6, 6.07) is 7.19. The number of benzene rings is 1. The predicted molar refractivity (Wildman–Crippen MR) is 134 cm³/mol. The summed E-state index contributed by atoms with van der Waals surface area (Å²) in [4.78, 5) is 26.0. The fourth-order valence-corrected chi connectivity index (χ4v) is 3.90. The fourth-order valence-electron chi connectivity index (χ4n) is 3.90. The van der Waals surface area contributed by atoms with Gasteiger partial charge < -0.3 is 15.2 Å². The Morgan fingerprint density at radius 1 is 1.12 bits per heavy atom. The van der Waals surface area contributed by atoms with Crippen LogP contribution in [0.4, 0.5) is 0 Å². The first-order valence-electron chi connectivity index (χ1n) is 12.5. The van der Waals surface area contributed by atoms with Gasteiger partial charge in [0.15, 0.2) is 0 Å². The first kappa shape index (κ1) is 28.7. The number of methoxy groups -OCH3 is 1. The molecule has 1 atom stereocenters. The van der Waals surface area contributed by atoms with Crippen molar-refractivity contribution < 1.29 is 19.4 Å². The lowest BCUT2D eigenvalue weighted by atomic mass is 10.1. The third-order valence-electron chi connectivity index (χ3n) is 5.79. The van der Waals surface area contributed by atoms with Gasteiger partial charge in [-0.15, -0.1) is 6.58 Å². The first-order valence-corrected chi connectivity index (χ1v) is 12.5. The molecule has 0 bridgehead atoms. The molecule has 0 heterocycles. The van der Waals surface area contributed by atoms with Gasteiger partial charge in [0.1, 0.15) is 11.8 Å². The number of hydrogen-bond donors (Lipinski definition) is 2. The minimum absolute atomic E-state index is 0.151. The zero-order chi connectivity index (χ0) is 24.3. The number of nitrogens with one attached hydrogen (secondary N) is 1. The maximum absolute atomic E-state index is 12.2. The van der Waals surface area contributed by atoms with E-state index in [2.05, 4.69) is 29.8 Å². The second-order valence-corrected chi connectivity index (χ2v) is 8.70. The lowest BCUT2D eigenvalue weighted by Gasteiger charge is -2.21. The molecule has 0 saturated heterocycles. The number of aliphatic carboxylic acids is 1. The Balaban J connectivity index is 2.33. The molecule has 33 heavy (non-hydrogen) atoms. The van der Waals surface area contributed by atoms with Crippen LogP contribution in [0.1, 0.15) is 83.1 Å². The lowest BCUT2D eigenvalue weighted by Crippen LogP contribution is -2.40. The van der Waals surface area contributed by atoms with E-state index in [9.17, 15) is 14.7 Å². The van der Waals surface area contributed by atoms with Crippen molar-refractivity contribution in [1.29, 1.82) is 0 Å². The molecule has 1 rings (SSSR count). The molecule has 0 aliphatic carbocycles. The molecule has 1 aromatic carbocycles. The second-order valence-electron chi connectivity index (χ2n) is 8.70. The summed E-state index contributed by atoms with van der Waals surface area (Å²) < 4.78 is 5.30. The summed E-state index contributed by atoms with van der Waals surface area (Å²) in [6.45, 7) is 8.41. The number of carbonyl (C=O) groups excluding carboxylic acids is 1. The van der Waals surface area contributed by atoms with Crippen LogP contribution in [0.15, 0.2) is 36.9 Å². The lowest BCUT2D eigenvalue weighted by molar-refractivity contribution is -0.142. The normalized spacial score (nSPS) is 11.8. The highest BCUT2D eigenvalue weighted by Crippen LogP contribution is 2.15. The van der Waals surface area contributed by atoms with Crippen LogP contribution < -0.4 is 10.1 Å². The molecular weight excluding hydrogens is 416 g/mol. The van der Waals surface area contributed by atoms with Crippen LogP contribution in [0, 0.1) is 0 Å². The second kappa shape index (κ2) is 18.1. The molecule has 0 spiro atoms. The van der Waals surface area contributed by atoms with Crippen LogP contribution in [0.3, 0.4) is 0 Å². The van der Waals surface area contributed by atoms with Crippen LogP contribution in [-0.4, -0.2) is 48.1 Å². The minimum Gasteiger partial charge on any atom is -0.497 e. The van der Waals surface area contributed by atoms with Gasteiger partial charge in [0, 0.05) is 19.5 Å². The molecule has 0 radical (unpaired) electrons. The quantitative estimate of drug-likeness (QED) is 0.197. The zero-order valence-electron chi connectivity index (χ0n) is 20.7. The summed E-state index contributed by atoms with van der Waals surface area (Å²) >= 11 is 0. The SMILES string of the molecule is C=CCN(CCCCC(NC(=O)CCCCCCCCC)C(=O)O)Cc1cccc(OC)c1. The molecule has 1 unspecified atom stereocenters. The van der Waals surface area contributed by atoms with Gasteiger partial charge in [-0.3, -0.25) is 9.69 Å². The monoisotopic (exact) mass is 460 g/mol. The number of carboxylic acids is 1. The highest BCUT2D eigenvalue weighted by Gasteiger charge is 2.19. The maximum atomic E-state index is 12.2. The molecule has 0 fully saturated rings. The molecule has 0 aliphatic heterocycles. The molecule has 0 aliphatic rings. The van der Waals surface area contributed by atoms with E-state index in [1.165, 1.54) is 25.7 Å². The summed E-state index contributed by atoms with van der Waals surface area (Å²) in [5, 5.41) is 12.2. The molecule has 1 aromatic rings. The van der Waals surface area contributed by atoms with Crippen molar-refractivity contribution in [1.82, 2.24) is 10.2 Å². The largest absolute Gasteiger partial charge is 0.497 e. The average molecular weight is 461 g/mol. The Morgan fingerprint density at radius 3 is 2.52 bits per heavy atom. The number of unbranched alkanes of at least 4 members (excludes halogenated alkanes) is 7. The van der Waals surface area contributed by atoms with Gasteiger partial charge in [-0.05, 0) is 49.9 Å². The van der Waals surface area contributed by atoms with E-state index in [4.69, 9.17) is 4.74 Å². The van der Waals surface area contributed by atoms with Crippen LogP contribution in [0.5, 0.6) is 5.75 Å². The van der Waals surface area contributed by atoms with Gasteiger partial charge in [0.05, 0.1) is 7.11 Å². The van der Waals surface area contributed by atoms with E-state index < -0.39 is 12.0 Å². The van der Waals surface area contributed by atoms with Gasteiger partial charge in [-0.1, -0.05) is 63.7 Å². The van der Waals surface area contributed by atoms with E-state index in [1.54, 1.807) is 7.11 Å². The van der Waals surface area contributed by atoms with Crippen molar-refractivity contribution in [3.63, 3.8) is 0 Å². The van der Waals surface area contributed by atoms with Crippen LogP contribution in [-0.2, 0) is 16.1 Å². The molecule has 1 amide bonds. The van der Waals surface area contributed by atoms with Crippen molar-refractivity contribution in [3.8, 4) is 5.75 Å². The Labute approximate surface area is 200 Å². The van der Waals surface area contributed by atoms with Gasteiger partial charge in [-0.25, -0.2) is 4.79 Å². The minimum atomic E-state index is -0.956. The van der Waals surface area contributed by atoms with Crippen molar-refractivity contribution in [3.05, 3.63) is 42.5 Å². The third kappa shape index (κ3) is 13.7. The number of rotatable bonds is 20. The average Bonchev–Trinajstić information content (AvgIpc) is 2.80. The third-order valence-corrected chi connectivity index (χ3v) is 5.79. The van der Waals surface area contributed by atoms with E-state index >= 15 is 0 Å². The standard InChI is InChI=1S/C27H44N2O4/c1-4-6-7-8-9-10-11-18-26(30)28-25(27(31)32)17-12-13-20-29(19-5-2)22-23-15-14-16-24(21-23)33-3/h5,14-16,21,25H,2,4,6-13,17-20,22H2,1,3H3,(H,28,30)(H,31,32). The highest BCUT2D eigenvalue weighted by atomic mass is 16.5. The predicted octanol–water partition coefficient (Wildman–Crippen LogP) is 5.56. The van der Waals surface area contributed by atoms with Crippen molar-refractivity contribution >= 4 is 11.9 Å². The Bertz CT molecular complexity index is 692. The molecule has 6 nitrogen and oxygen atoms in total. The van der Waals surface area contributed by atoms with E-state index in [0.717, 1.165) is 63.1 Å². The summed E-state index contributed by atoms with van der Waals surface area (Å²) in [7, 11) is 1.66. The smallest absolute Gasteiger partial charge is 0.326 e. The van der Waals surface area contributed by atoms with Crippen molar-refractivity contribution in [2.24, 2.45) is 0 Å². The van der Waals surface area contributed by atoms with Crippen LogP contribution in [0.2, 0.25) is 0 Å². The number of nitrogens with zero attached hydrogens (tertiary/aromatic N) is 1. The van der Waals surface area contributed by atoms with Gasteiger partial charge >= 0.3 is 5.97 Å². The van der Waals surface area contributed by atoms with E-state index in [0.29, 0.717) is 12.8 Å². The topological polar surface area (TPSA) is 78.9 Å². The number of hydrogen-bond acceptors (Lipinski definition) is 4. The van der Waals surface area contributed by atoms with Crippen molar-refractivity contribution in [2.75, 3.05) is 20.2 Å². The molecule has 6 heteroatoms. The Hall–Kier alpha value is -2.34. The van der Waals surface area contributed by atoms with Crippen molar-refractivity contribution in [2.45, 2.75) is 90.1 Å². The van der Waals surface area contributed by atoms with Gasteiger partial charge in [0.25, 0.3) is 0 Å². The van der Waals surface area contributed by atoms with Crippen LogP contribution >= 0.6 is 0 Å². The van der Waals surface area contributed by atoms with Crippen LogP contribution in [0.25, 0.3) is 0 Å². The molecular formula is C27H44N2O4. The summed E-state index contributed by atoms with van der Waals surface area (Å²) in [5.41, 5.74) is 1.16. The fraction of sp³-hybridized carbons (Fsp3) is 0.630. The van der Waals surface area contributed by atoms with Gasteiger partial charge in [0.2, 0.25) is 5.91 Å². The number of amides is 1. The first-order chi connectivity index (χ1) is 16.0. The molecule has 2 N–H and O–H groups in total. The van der Waals surface area contributed by atoms with E-state index in [1.807, 2.05) is 24.3 Å². The molecule has 0 aromatic heterocycles. The van der Waals surface area contributed by atoms with Gasteiger partial charge in [-0.2, -0.15) is 0 Å². The number of ether oxygens (including phenoxy) is 1. The number of carbonyl (C=O) groups is 2. The highest BCUT2D eigenvalue weighted by molar-refractivity contribution is 5.83.